The molecule has 3 nitrogen and oxygen atoms in total. The summed E-state index contributed by atoms with van der Waals surface area (Å²) in [6.07, 6.45) is 0. The molecule has 0 aliphatic carbocycles. The molecule has 1 amide bonds. The molecule has 0 unspecified atom stereocenters. The van der Waals surface area contributed by atoms with Crippen LogP contribution in [0, 0.1) is 11.6 Å². The molecule has 2 aromatic rings. The molecule has 0 saturated carbocycles. The van der Waals surface area contributed by atoms with Gasteiger partial charge in [0, 0.05) is 11.6 Å². The fourth-order valence-electron chi connectivity index (χ4n) is 1.50. The molecule has 20 heavy (non-hydrogen) atoms. The number of hydrogen-bond acceptors (Lipinski definition) is 2. The van der Waals surface area contributed by atoms with Gasteiger partial charge in [-0.3, -0.25) is 4.79 Å². The minimum absolute atomic E-state index is 0.0461. The predicted molar refractivity (Wildman–Crippen MR) is 77.9 cm³/mol. The van der Waals surface area contributed by atoms with Crippen molar-refractivity contribution in [3.8, 4) is 0 Å². The molecule has 0 saturated heterocycles. The van der Waals surface area contributed by atoms with Gasteiger partial charge < -0.3 is 11.1 Å². The molecule has 0 aliphatic heterocycles. The monoisotopic (exact) mass is 360 g/mol. The molecule has 0 atom stereocenters. The summed E-state index contributed by atoms with van der Waals surface area (Å²) in [6, 6.07) is 6.10. The van der Waals surface area contributed by atoms with E-state index in [-0.39, 0.29) is 21.4 Å². The molecular weight excluding hydrogens is 354 g/mol. The summed E-state index contributed by atoms with van der Waals surface area (Å²) >= 11 is 8.66. The molecule has 0 radical (unpaired) electrons. The van der Waals surface area contributed by atoms with Crippen molar-refractivity contribution >= 4 is 44.8 Å². The van der Waals surface area contributed by atoms with Crippen LogP contribution in [0.15, 0.2) is 34.8 Å². The van der Waals surface area contributed by atoms with Crippen molar-refractivity contribution in [3.05, 3.63) is 57.0 Å². The number of rotatable bonds is 2. The van der Waals surface area contributed by atoms with E-state index in [1.807, 2.05) is 0 Å². The second kappa shape index (κ2) is 5.76. The normalized spacial score (nSPS) is 10.4. The zero-order valence-corrected chi connectivity index (χ0v) is 12.2. The Morgan fingerprint density at radius 3 is 2.55 bits per heavy atom. The molecule has 0 bridgehead atoms. The third-order valence-electron chi connectivity index (χ3n) is 2.52. The summed E-state index contributed by atoms with van der Waals surface area (Å²) in [6.45, 7) is 0. The Labute approximate surface area is 126 Å². The van der Waals surface area contributed by atoms with Gasteiger partial charge in [-0.25, -0.2) is 8.78 Å². The Morgan fingerprint density at radius 2 is 1.90 bits per heavy atom. The highest BCUT2D eigenvalue weighted by molar-refractivity contribution is 9.10. The first kappa shape index (κ1) is 14.7. The van der Waals surface area contributed by atoms with Gasteiger partial charge in [0.15, 0.2) is 0 Å². The third-order valence-corrected chi connectivity index (χ3v) is 3.47. The lowest BCUT2D eigenvalue weighted by atomic mass is 10.2. The number of carbonyl (C=O) groups is 1. The standard InChI is InChI=1S/C13H8BrClF2N2O/c14-7-4-12(10(17)5-9(7)16)19-13(20)6-1-2-8(15)11(18)3-6/h1-5H,18H2,(H,19,20). The van der Waals surface area contributed by atoms with E-state index >= 15 is 0 Å². The largest absolute Gasteiger partial charge is 0.398 e. The number of hydrogen-bond donors (Lipinski definition) is 2. The minimum Gasteiger partial charge on any atom is -0.398 e. The number of carbonyl (C=O) groups excluding carboxylic acids is 1. The zero-order chi connectivity index (χ0) is 14.9. The van der Waals surface area contributed by atoms with Crippen LogP contribution in [0.3, 0.4) is 0 Å². The van der Waals surface area contributed by atoms with Crippen molar-refractivity contribution in [1.82, 2.24) is 0 Å². The quantitative estimate of drug-likeness (QED) is 0.622. The molecule has 0 aliphatic rings. The van der Waals surface area contributed by atoms with E-state index in [1.165, 1.54) is 18.2 Å². The summed E-state index contributed by atoms with van der Waals surface area (Å²) < 4.78 is 26.7. The van der Waals surface area contributed by atoms with Crippen LogP contribution in [-0.2, 0) is 0 Å². The highest BCUT2D eigenvalue weighted by Gasteiger charge is 2.13. The molecule has 104 valence electrons. The van der Waals surface area contributed by atoms with Crippen molar-refractivity contribution in [2.45, 2.75) is 0 Å². The van der Waals surface area contributed by atoms with Crippen molar-refractivity contribution in [2.24, 2.45) is 0 Å². The Balaban J connectivity index is 2.27. The number of nitrogen functional groups attached to an aromatic ring is 1. The molecule has 0 aromatic heterocycles. The van der Waals surface area contributed by atoms with E-state index in [4.69, 9.17) is 17.3 Å². The first-order valence-corrected chi connectivity index (χ1v) is 6.56. The molecule has 0 heterocycles. The van der Waals surface area contributed by atoms with E-state index in [9.17, 15) is 13.6 Å². The van der Waals surface area contributed by atoms with Crippen LogP contribution in [0.25, 0.3) is 0 Å². The van der Waals surface area contributed by atoms with Gasteiger partial charge in [-0.05, 0) is 40.2 Å². The average Bonchev–Trinajstić information content (AvgIpc) is 2.39. The Morgan fingerprint density at radius 1 is 1.20 bits per heavy atom. The highest BCUT2D eigenvalue weighted by Crippen LogP contribution is 2.25. The van der Waals surface area contributed by atoms with Crippen LogP contribution in [0.2, 0.25) is 5.02 Å². The fraction of sp³-hybridized carbons (Fsp3) is 0. The highest BCUT2D eigenvalue weighted by atomic mass is 79.9. The first-order valence-electron chi connectivity index (χ1n) is 5.39. The predicted octanol–water partition coefficient (Wildman–Crippen LogP) is 4.22. The molecule has 2 rings (SSSR count). The van der Waals surface area contributed by atoms with Gasteiger partial charge in [-0.15, -0.1) is 0 Å². The van der Waals surface area contributed by atoms with E-state index < -0.39 is 17.5 Å². The molecule has 0 fully saturated rings. The number of benzene rings is 2. The van der Waals surface area contributed by atoms with Crippen molar-refractivity contribution < 1.29 is 13.6 Å². The summed E-state index contributed by atoms with van der Waals surface area (Å²) in [7, 11) is 0. The summed E-state index contributed by atoms with van der Waals surface area (Å²) in [5.74, 6) is -2.21. The van der Waals surface area contributed by atoms with Gasteiger partial charge in [-0.2, -0.15) is 0 Å². The second-order valence-corrected chi connectivity index (χ2v) is 5.20. The van der Waals surface area contributed by atoms with Gasteiger partial charge in [0.2, 0.25) is 0 Å². The first-order chi connectivity index (χ1) is 9.38. The van der Waals surface area contributed by atoms with Crippen LogP contribution in [0.1, 0.15) is 10.4 Å². The Hall–Kier alpha value is -1.66. The van der Waals surface area contributed by atoms with E-state index in [1.54, 1.807) is 0 Å². The van der Waals surface area contributed by atoms with Gasteiger partial charge in [0.05, 0.1) is 20.9 Å². The third kappa shape index (κ3) is 3.08. The van der Waals surface area contributed by atoms with Crippen LogP contribution >= 0.6 is 27.5 Å². The lowest BCUT2D eigenvalue weighted by molar-refractivity contribution is 0.102. The van der Waals surface area contributed by atoms with Gasteiger partial charge in [-0.1, -0.05) is 11.6 Å². The summed E-state index contributed by atoms with van der Waals surface area (Å²) in [4.78, 5) is 11.9. The van der Waals surface area contributed by atoms with Gasteiger partial charge in [0.25, 0.3) is 5.91 Å². The Bertz CT molecular complexity index is 694. The number of nitrogens with two attached hydrogens (primary N) is 1. The maximum atomic E-state index is 13.5. The number of amides is 1. The van der Waals surface area contributed by atoms with Crippen molar-refractivity contribution in [1.29, 1.82) is 0 Å². The SMILES string of the molecule is Nc1cc(C(=O)Nc2cc(Br)c(F)cc2F)ccc1Cl. The van der Waals surface area contributed by atoms with E-state index in [0.29, 0.717) is 11.1 Å². The molecular formula is C13H8BrClF2N2O. The second-order valence-electron chi connectivity index (χ2n) is 3.94. The number of halogens is 4. The van der Waals surface area contributed by atoms with Gasteiger partial charge >= 0.3 is 0 Å². The van der Waals surface area contributed by atoms with Crippen LogP contribution in [0.5, 0.6) is 0 Å². The number of nitrogens with one attached hydrogen (secondary N) is 1. The lowest BCUT2D eigenvalue weighted by Crippen LogP contribution is -2.13. The molecule has 2 aromatic carbocycles. The van der Waals surface area contributed by atoms with Crippen LogP contribution in [0.4, 0.5) is 20.2 Å². The van der Waals surface area contributed by atoms with Crippen LogP contribution in [-0.4, -0.2) is 5.91 Å². The molecule has 0 spiro atoms. The fourth-order valence-corrected chi connectivity index (χ4v) is 1.96. The molecule has 7 heteroatoms. The van der Waals surface area contributed by atoms with E-state index in [0.717, 1.165) is 6.07 Å². The maximum Gasteiger partial charge on any atom is 0.255 e. The summed E-state index contributed by atoms with van der Waals surface area (Å²) in [5.41, 5.74) is 5.89. The Kier molecular flexibility index (Phi) is 4.25. The zero-order valence-electron chi connectivity index (χ0n) is 9.88. The number of anilines is 2. The average molecular weight is 362 g/mol. The van der Waals surface area contributed by atoms with Crippen molar-refractivity contribution in [2.75, 3.05) is 11.1 Å². The topological polar surface area (TPSA) is 55.1 Å². The van der Waals surface area contributed by atoms with Crippen LogP contribution < -0.4 is 11.1 Å². The summed E-state index contributed by atoms with van der Waals surface area (Å²) in [5, 5.41) is 2.65. The minimum atomic E-state index is -0.874. The molecule has 3 N–H and O–H groups in total. The van der Waals surface area contributed by atoms with Crippen molar-refractivity contribution in [3.63, 3.8) is 0 Å². The van der Waals surface area contributed by atoms with E-state index in [2.05, 4.69) is 21.2 Å². The van der Waals surface area contributed by atoms with Gasteiger partial charge in [0.1, 0.15) is 11.6 Å². The maximum absolute atomic E-state index is 13.5. The lowest BCUT2D eigenvalue weighted by Gasteiger charge is -2.08. The smallest absolute Gasteiger partial charge is 0.255 e.